The first-order valence-electron chi connectivity index (χ1n) is 4.86. The molecule has 0 spiro atoms. The Balaban J connectivity index is 2.89. The zero-order valence-corrected chi connectivity index (χ0v) is 11.8. The van der Waals surface area contributed by atoms with Crippen LogP contribution in [0.2, 0.25) is 0 Å². The Labute approximate surface area is 107 Å². The number of carbonyl (C=O) groups is 1. The van der Waals surface area contributed by atoms with Gasteiger partial charge in [0.25, 0.3) is 0 Å². The third-order valence-corrected chi connectivity index (χ3v) is 3.12. The largest absolute Gasteiger partial charge is 0.458 e. The van der Waals surface area contributed by atoms with Crippen molar-refractivity contribution in [2.75, 3.05) is 6.26 Å². The Morgan fingerprint density at radius 2 is 2.38 bits per heavy atom. The predicted octanol–water partition coefficient (Wildman–Crippen LogP) is 2.92. The van der Waals surface area contributed by atoms with Crippen LogP contribution in [0.1, 0.15) is 30.8 Å². The van der Waals surface area contributed by atoms with E-state index in [1.165, 1.54) is 11.8 Å². The van der Waals surface area contributed by atoms with Gasteiger partial charge in [0.2, 0.25) is 0 Å². The average Bonchev–Trinajstić information content (AvgIpc) is 2.29. The van der Waals surface area contributed by atoms with E-state index in [4.69, 9.17) is 4.74 Å². The highest BCUT2D eigenvalue weighted by Gasteiger charge is 2.17. The molecule has 0 amide bonds. The topological polar surface area (TPSA) is 52.1 Å². The molecule has 0 fully saturated rings. The van der Waals surface area contributed by atoms with Crippen LogP contribution < -0.4 is 0 Å². The number of halogens is 1. The van der Waals surface area contributed by atoms with E-state index in [1.807, 2.05) is 20.1 Å². The maximum absolute atomic E-state index is 11.8. The highest BCUT2D eigenvalue weighted by molar-refractivity contribution is 9.10. The van der Waals surface area contributed by atoms with Crippen molar-refractivity contribution in [3.63, 3.8) is 0 Å². The molecule has 1 aromatic heterocycles. The first-order valence-corrected chi connectivity index (χ1v) is 6.87. The van der Waals surface area contributed by atoms with E-state index in [0.717, 1.165) is 6.42 Å². The molecule has 0 aliphatic heterocycles. The number of hydrogen-bond acceptors (Lipinski definition) is 5. The van der Waals surface area contributed by atoms with Crippen molar-refractivity contribution in [1.82, 2.24) is 9.97 Å². The lowest BCUT2D eigenvalue weighted by molar-refractivity contribution is 0.0325. The number of aromatic nitrogens is 2. The second kappa shape index (κ2) is 6.20. The molecular formula is C10H13BrN2O2S. The van der Waals surface area contributed by atoms with Crippen molar-refractivity contribution in [2.24, 2.45) is 0 Å². The molecule has 0 saturated heterocycles. The van der Waals surface area contributed by atoms with E-state index in [0.29, 0.717) is 9.63 Å². The van der Waals surface area contributed by atoms with Crippen molar-refractivity contribution < 1.29 is 9.53 Å². The molecular weight excluding hydrogens is 292 g/mol. The minimum Gasteiger partial charge on any atom is -0.458 e. The summed E-state index contributed by atoms with van der Waals surface area (Å²) in [6, 6.07) is 0. The molecule has 0 saturated carbocycles. The fourth-order valence-corrected chi connectivity index (χ4v) is 1.61. The summed E-state index contributed by atoms with van der Waals surface area (Å²) >= 11 is 4.62. The summed E-state index contributed by atoms with van der Waals surface area (Å²) in [6.07, 6.45) is 4.09. The molecule has 0 N–H and O–H groups in total. The normalized spacial score (nSPS) is 12.2. The number of esters is 1. The molecule has 1 aromatic rings. The van der Waals surface area contributed by atoms with Crippen LogP contribution in [0.4, 0.5) is 0 Å². The first kappa shape index (κ1) is 13.4. The number of hydrogen-bond donors (Lipinski definition) is 0. The first-order chi connectivity index (χ1) is 7.58. The number of carbonyl (C=O) groups excluding carboxylic acids is 1. The molecule has 0 bridgehead atoms. The van der Waals surface area contributed by atoms with Gasteiger partial charge in [-0.2, -0.15) is 0 Å². The third kappa shape index (κ3) is 3.45. The summed E-state index contributed by atoms with van der Waals surface area (Å²) in [6.45, 7) is 3.81. The van der Waals surface area contributed by atoms with E-state index < -0.39 is 5.97 Å². The molecule has 6 heteroatoms. The van der Waals surface area contributed by atoms with Gasteiger partial charge in [0, 0.05) is 6.20 Å². The second-order valence-electron chi connectivity index (χ2n) is 3.18. The fourth-order valence-electron chi connectivity index (χ4n) is 0.914. The summed E-state index contributed by atoms with van der Waals surface area (Å²) in [5, 5.41) is 0.555. The van der Waals surface area contributed by atoms with Crippen LogP contribution in [0.15, 0.2) is 15.8 Å². The molecule has 0 aliphatic carbocycles. The zero-order chi connectivity index (χ0) is 12.1. The van der Waals surface area contributed by atoms with Crippen LogP contribution >= 0.6 is 27.7 Å². The Morgan fingerprint density at radius 3 is 2.94 bits per heavy atom. The van der Waals surface area contributed by atoms with Gasteiger partial charge >= 0.3 is 5.97 Å². The van der Waals surface area contributed by atoms with Crippen LogP contribution in [-0.4, -0.2) is 28.3 Å². The Morgan fingerprint density at radius 1 is 1.69 bits per heavy atom. The van der Waals surface area contributed by atoms with Crippen LogP contribution in [0.5, 0.6) is 0 Å². The van der Waals surface area contributed by atoms with Crippen molar-refractivity contribution in [1.29, 1.82) is 0 Å². The van der Waals surface area contributed by atoms with E-state index in [2.05, 4.69) is 25.9 Å². The fraction of sp³-hybridized carbons (Fsp3) is 0.500. The Kier molecular flexibility index (Phi) is 5.21. The predicted molar refractivity (Wildman–Crippen MR) is 66.7 cm³/mol. The van der Waals surface area contributed by atoms with Crippen molar-refractivity contribution in [3.05, 3.63) is 16.4 Å². The van der Waals surface area contributed by atoms with Gasteiger partial charge in [-0.15, -0.1) is 0 Å². The molecule has 0 radical (unpaired) electrons. The maximum atomic E-state index is 11.8. The molecule has 1 atom stereocenters. The van der Waals surface area contributed by atoms with E-state index in [-0.39, 0.29) is 11.8 Å². The van der Waals surface area contributed by atoms with Crippen molar-refractivity contribution >= 4 is 33.7 Å². The Hall–Kier alpha value is -0.620. The van der Waals surface area contributed by atoms with Crippen LogP contribution in [0.3, 0.4) is 0 Å². The van der Waals surface area contributed by atoms with Crippen LogP contribution in [-0.2, 0) is 4.74 Å². The third-order valence-electron chi connectivity index (χ3n) is 1.98. The SMILES string of the molecule is CCC(C)OC(=O)c1nc(SC)ncc1Br. The standard InChI is InChI=1S/C10H13BrN2O2S/c1-4-6(2)15-9(14)8-7(11)5-12-10(13-8)16-3/h5-6H,4H2,1-3H3. The van der Waals surface area contributed by atoms with Crippen molar-refractivity contribution in [3.8, 4) is 0 Å². The van der Waals surface area contributed by atoms with Gasteiger partial charge in [0.1, 0.15) is 0 Å². The molecule has 88 valence electrons. The van der Waals surface area contributed by atoms with E-state index in [9.17, 15) is 4.79 Å². The van der Waals surface area contributed by atoms with Gasteiger partial charge in [-0.1, -0.05) is 18.7 Å². The summed E-state index contributed by atoms with van der Waals surface area (Å²) in [7, 11) is 0. The van der Waals surface area contributed by atoms with Crippen LogP contribution in [0.25, 0.3) is 0 Å². The summed E-state index contributed by atoms with van der Waals surface area (Å²) in [5.41, 5.74) is 0.277. The summed E-state index contributed by atoms with van der Waals surface area (Å²) in [5.74, 6) is -0.418. The molecule has 1 heterocycles. The van der Waals surface area contributed by atoms with E-state index in [1.54, 1.807) is 6.20 Å². The smallest absolute Gasteiger partial charge is 0.358 e. The lowest BCUT2D eigenvalue weighted by Gasteiger charge is -2.11. The summed E-state index contributed by atoms with van der Waals surface area (Å²) < 4.78 is 5.75. The molecule has 0 aliphatic rings. The lowest BCUT2D eigenvalue weighted by atomic mass is 10.3. The number of nitrogens with zero attached hydrogens (tertiary/aromatic N) is 2. The molecule has 1 rings (SSSR count). The van der Waals surface area contributed by atoms with Gasteiger partial charge < -0.3 is 4.74 Å². The minimum atomic E-state index is -0.418. The van der Waals surface area contributed by atoms with Gasteiger partial charge in [-0.05, 0) is 35.5 Å². The monoisotopic (exact) mass is 304 g/mol. The Bertz CT molecular complexity index is 387. The molecule has 1 unspecified atom stereocenters. The summed E-state index contributed by atoms with van der Waals surface area (Å²) in [4.78, 5) is 19.9. The molecule has 16 heavy (non-hydrogen) atoms. The average molecular weight is 305 g/mol. The van der Waals surface area contributed by atoms with Gasteiger partial charge in [0.05, 0.1) is 10.6 Å². The number of rotatable bonds is 4. The van der Waals surface area contributed by atoms with Gasteiger partial charge in [0.15, 0.2) is 10.9 Å². The van der Waals surface area contributed by atoms with Gasteiger partial charge in [-0.25, -0.2) is 14.8 Å². The lowest BCUT2D eigenvalue weighted by Crippen LogP contribution is -2.16. The van der Waals surface area contributed by atoms with Crippen LogP contribution in [0, 0.1) is 0 Å². The molecule has 4 nitrogen and oxygen atoms in total. The second-order valence-corrected chi connectivity index (χ2v) is 4.81. The quantitative estimate of drug-likeness (QED) is 0.486. The number of ether oxygens (including phenoxy) is 1. The molecule has 0 aromatic carbocycles. The van der Waals surface area contributed by atoms with E-state index >= 15 is 0 Å². The number of thioether (sulfide) groups is 1. The highest BCUT2D eigenvalue weighted by atomic mass is 79.9. The highest BCUT2D eigenvalue weighted by Crippen LogP contribution is 2.18. The van der Waals surface area contributed by atoms with Crippen molar-refractivity contribution in [2.45, 2.75) is 31.5 Å². The minimum absolute atomic E-state index is 0.105. The maximum Gasteiger partial charge on any atom is 0.358 e. The van der Waals surface area contributed by atoms with Gasteiger partial charge in [-0.3, -0.25) is 0 Å². The zero-order valence-electron chi connectivity index (χ0n) is 9.36.